The van der Waals surface area contributed by atoms with Crippen LogP contribution in [0.4, 0.5) is 17.2 Å². The molecule has 0 radical (unpaired) electrons. The smallest absolute Gasteiger partial charge is 0.228 e. The summed E-state index contributed by atoms with van der Waals surface area (Å²) in [5, 5.41) is 6.27. The number of aromatic nitrogens is 3. The number of benzene rings is 1. The van der Waals surface area contributed by atoms with Crippen molar-refractivity contribution < 1.29 is 22.7 Å². The van der Waals surface area contributed by atoms with Crippen molar-refractivity contribution >= 4 is 44.1 Å². The average molecular weight is 540 g/mol. The fourth-order valence-electron chi connectivity index (χ4n) is 5.32. The Labute approximate surface area is 222 Å². The maximum absolute atomic E-state index is 12.9. The number of sulfone groups is 1. The molecule has 1 aliphatic carbocycles. The molecule has 3 aliphatic rings. The van der Waals surface area contributed by atoms with Gasteiger partial charge in [0.1, 0.15) is 23.4 Å². The van der Waals surface area contributed by atoms with Crippen molar-refractivity contribution in [3.63, 3.8) is 0 Å². The van der Waals surface area contributed by atoms with Crippen LogP contribution in [0.5, 0.6) is 0 Å². The molecular formula is C27H33N5O5S. The minimum Gasteiger partial charge on any atom is -0.381 e. The summed E-state index contributed by atoms with van der Waals surface area (Å²) in [6, 6.07) is 7.22. The summed E-state index contributed by atoms with van der Waals surface area (Å²) in [4.78, 5) is 22.4. The highest BCUT2D eigenvalue weighted by Crippen LogP contribution is 2.37. The summed E-state index contributed by atoms with van der Waals surface area (Å²) < 4.78 is 39.3. The molecule has 38 heavy (non-hydrogen) atoms. The molecule has 11 heteroatoms. The van der Waals surface area contributed by atoms with E-state index in [0.717, 1.165) is 49.9 Å². The Kier molecular flexibility index (Phi) is 6.61. The zero-order chi connectivity index (χ0) is 26.4. The van der Waals surface area contributed by atoms with Crippen molar-refractivity contribution in [1.82, 2.24) is 14.5 Å². The Morgan fingerprint density at radius 2 is 1.89 bits per heavy atom. The minimum absolute atomic E-state index is 0.0150. The number of imidazole rings is 1. The molecule has 2 aliphatic heterocycles. The molecule has 1 amide bonds. The van der Waals surface area contributed by atoms with E-state index in [0.29, 0.717) is 48.2 Å². The van der Waals surface area contributed by atoms with Crippen LogP contribution in [-0.2, 0) is 24.1 Å². The van der Waals surface area contributed by atoms with Crippen molar-refractivity contribution in [2.75, 3.05) is 36.7 Å². The van der Waals surface area contributed by atoms with E-state index in [9.17, 15) is 13.2 Å². The normalized spacial score (nSPS) is 22.1. The lowest BCUT2D eigenvalue weighted by molar-refractivity contribution is -0.117. The zero-order valence-electron chi connectivity index (χ0n) is 21.7. The van der Waals surface area contributed by atoms with Gasteiger partial charge < -0.3 is 20.1 Å². The van der Waals surface area contributed by atoms with E-state index in [1.165, 1.54) is 6.26 Å². The van der Waals surface area contributed by atoms with Crippen LogP contribution in [0.1, 0.15) is 62.1 Å². The molecule has 4 heterocycles. The average Bonchev–Trinajstić information content (AvgIpc) is 3.49. The maximum Gasteiger partial charge on any atom is 0.228 e. The van der Waals surface area contributed by atoms with Gasteiger partial charge in [0, 0.05) is 37.4 Å². The molecule has 3 aromatic rings. The summed E-state index contributed by atoms with van der Waals surface area (Å²) >= 11 is 0. The fourth-order valence-corrected chi connectivity index (χ4v) is 6.19. The first-order chi connectivity index (χ1) is 18.3. The molecule has 2 saturated heterocycles. The van der Waals surface area contributed by atoms with Gasteiger partial charge in [0.05, 0.1) is 22.9 Å². The molecule has 2 atom stereocenters. The first-order valence-electron chi connectivity index (χ1n) is 13.3. The molecule has 0 spiro atoms. The lowest BCUT2D eigenvalue weighted by Crippen LogP contribution is -2.20. The quantitative estimate of drug-likeness (QED) is 0.452. The van der Waals surface area contributed by atoms with Gasteiger partial charge in [-0.2, -0.15) is 0 Å². The Hall–Kier alpha value is -3.02. The standard InChI is InChI=1S/C27H33N5O5S/c1-16-28-25-21(29-20-9-8-18(19-10-12-36-15-19)13-22(20)38(2,34)35)14-23(31-27(33)17-6-7-17)30-26(25)32(16)24-5-3-4-11-37-24/h8-9,13-14,17,19,24H,3-7,10-12,15H2,1-2H3,(H2,29,30,31,33). The van der Waals surface area contributed by atoms with Gasteiger partial charge in [-0.15, -0.1) is 0 Å². The molecule has 2 aromatic heterocycles. The topological polar surface area (TPSA) is 124 Å². The third-order valence-corrected chi connectivity index (χ3v) is 8.68. The van der Waals surface area contributed by atoms with Crippen molar-refractivity contribution in [1.29, 1.82) is 0 Å². The number of hydrogen-bond acceptors (Lipinski definition) is 8. The van der Waals surface area contributed by atoms with E-state index < -0.39 is 9.84 Å². The summed E-state index contributed by atoms with van der Waals surface area (Å²) in [5.41, 5.74) is 3.14. The number of amides is 1. The van der Waals surface area contributed by atoms with Crippen LogP contribution in [0.2, 0.25) is 0 Å². The van der Waals surface area contributed by atoms with Crippen LogP contribution in [-0.4, -0.2) is 54.9 Å². The summed E-state index contributed by atoms with van der Waals surface area (Å²) in [6.45, 7) is 3.84. The molecule has 6 rings (SSSR count). The van der Waals surface area contributed by atoms with Gasteiger partial charge in [0.2, 0.25) is 5.91 Å². The van der Waals surface area contributed by atoms with Crippen LogP contribution in [0.15, 0.2) is 29.2 Å². The molecule has 2 unspecified atom stereocenters. The summed E-state index contributed by atoms with van der Waals surface area (Å²) in [7, 11) is -3.55. The van der Waals surface area contributed by atoms with Crippen molar-refractivity contribution in [2.24, 2.45) is 5.92 Å². The lowest BCUT2D eigenvalue weighted by Gasteiger charge is -2.25. The predicted molar refractivity (Wildman–Crippen MR) is 143 cm³/mol. The third kappa shape index (κ3) is 5.02. The number of carbonyl (C=O) groups excluding carboxylic acids is 1. The molecule has 10 nitrogen and oxygen atoms in total. The van der Waals surface area contributed by atoms with Gasteiger partial charge in [-0.05, 0) is 63.1 Å². The number of pyridine rings is 1. The van der Waals surface area contributed by atoms with E-state index in [1.807, 2.05) is 17.6 Å². The number of ether oxygens (including phenoxy) is 2. The number of hydrogen-bond donors (Lipinski definition) is 2. The number of aryl methyl sites for hydroxylation is 1. The molecule has 2 N–H and O–H groups in total. The molecular weight excluding hydrogens is 506 g/mol. The first-order valence-corrected chi connectivity index (χ1v) is 15.2. The SMILES string of the molecule is Cc1nc2c(Nc3ccc(C4CCOC4)cc3S(C)(=O)=O)cc(NC(=O)C3CC3)nc2n1C1CCCCO1. The van der Waals surface area contributed by atoms with E-state index in [1.54, 1.807) is 18.2 Å². The molecule has 1 saturated carbocycles. The molecule has 3 fully saturated rings. The van der Waals surface area contributed by atoms with Crippen LogP contribution >= 0.6 is 0 Å². The summed E-state index contributed by atoms with van der Waals surface area (Å²) in [6.07, 6.45) is 6.55. The van der Waals surface area contributed by atoms with Crippen LogP contribution in [0, 0.1) is 12.8 Å². The number of fused-ring (bicyclic) bond motifs is 1. The molecule has 0 bridgehead atoms. The van der Waals surface area contributed by atoms with E-state index in [4.69, 9.17) is 19.4 Å². The third-order valence-electron chi connectivity index (χ3n) is 7.54. The maximum atomic E-state index is 12.9. The number of nitrogens with one attached hydrogen (secondary N) is 2. The lowest BCUT2D eigenvalue weighted by atomic mass is 9.98. The van der Waals surface area contributed by atoms with Gasteiger partial charge in [-0.25, -0.2) is 18.4 Å². The fraction of sp³-hybridized carbons (Fsp3) is 0.519. The Bertz CT molecular complexity index is 1490. The highest BCUT2D eigenvalue weighted by Gasteiger charge is 2.31. The summed E-state index contributed by atoms with van der Waals surface area (Å²) in [5.74, 6) is 1.28. The monoisotopic (exact) mass is 539 g/mol. The second-order valence-electron chi connectivity index (χ2n) is 10.6. The van der Waals surface area contributed by atoms with Gasteiger partial charge in [-0.3, -0.25) is 9.36 Å². The van der Waals surface area contributed by atoms with Gasteiger partial charge >= 0.3 is 0 Å². The minimum atomic E-state index is -3.55. The second kappa shape index (κ2) is 9.94. The van der Waals surface area contributed by atoms with Gasteiger partial charge in [0.15, 0.2) is 15.5 Å². The number of nitrogens with zero attached hydrogens (tertiary/aromatic N) is 3. The predicted octanol–water partition coefficient (Wildman–Crippen LogP) is 4.44. The Balaban J connectivity index is 1.44. The Morgan fingerprint density at radius 3 is 2.58 bits per heavy atom. The van der Waals surface area contributed by atoms with Gasteiger partial charge in [0.25, 0.3) is 0 Å². The van der Waals surface area contributed by atoms with Crippen molar-refractivity contribution in [3.05, 3.63) is 35.7 Å². The van der Waals surface area contributed by atoms with Crippen molar-refractivity contribution in [3.8, 4) is 0 Å². The number of rotatable bonds is 7. The zero-order valence-corrected chi connectivity index (χ0v) is 22.5. The van der Waals surface area contributed by atoms with E-state index >= 15 is 0 Å². The highest BCUT2D eigenvalue weighted by molar-refractivity contribution is 7.90. The van der Waals surface area contributed by atoms with Crippen LogP contribution < -0.4 is 10.6 Å². The number of anilines is 3. The molecule has 202 valence electrons. The second-order valence-corrected chi connectivity index (χ2v) is 12.5. The molecule has 1 aromatic carbocycles. The number of carbonyl (C=O) groups is 1. The highest BCUT2D eigenvalue weighted by atomic mass is 32.2. The Morgan fingerprint density at radius 1 is 1.05 bits per heavy atom. The van der Waals surface area contributed by atoms with E-state index in [-0.39, 0.29) is 28.9 Å². The van der Waals surface area contributed by atoms with Crippen LogP contribution in [0.25, 0.3) is 11.2 Å². The largest absolute Gasteiger partial charge is 0.381 e. The first kappa shape index (κ1) is 25.3. The van der Waals surface area contributed by atoms with E-state index in [2.05, 4.69) is 10.6 Å². The van der Waals surface area contributed by atoms with Crippen LogP contribution in [0.3, 0.4) is 0 Å². The van der Waals surface area contributed by atoms with Crippen molar-refractivity contribution in [2.45, 2.75) is 62.5 Å². The van der Waals surface area contributed by atoms with Gasteiger partial charge in [-0.1, -0.05) is 6.07 Å².